The van der Waals surface area contributed by atoms with Crippen molar-refractivity contribution in [3.8, 4) is 5.75 Å². The van der Waals surface area contributed by atoms with Crippen LogP contribution < -0.4 is 14.8 Å². The van der Waals surface area contributed by atoms with Crippen LogP contribution in [0.25, 0.3) is 0 Å². The van der Waals surface area contributed by atoms with Gasteiger partial charge in [-0.05, 0) is 43.2 Å². The number of rotatable bonds is 12. The smallest absolute Gasteiger partial charge is 0.241 e. The zero-order valence-electron chi connectivity index (χ0n) is 18.0. The minimum atomic E-state index is -3.78. The Balaban J connectivity index is 2.14. The van der Waals surface area contributed by atoms with Crippen LogP contribution in [0, 0.1) is 6.92 Å². The van der Waals surface area contributed by atoms with Gasteiger partial charge in [-0.2, -0.15) is 0 Å². The van der Waals surface area contributed by atoms with Crippen LogP contribution in [0.1, 0.15) is 56.2 Å². The molecule has 2 aromatic carbocycles. The summed E-state index contributed by atoms with van der Waals surface area (Å²) in [5.41, 5.74) is 1.68. The summed E-state index contributed by atoms with van der Waals surface area (Å²) in [7, 11) is -2.21. The van der Waals surface area contributed by atoms with Crippen LogP contribution in [-0.4, -0.2) is 28.0 Å². The van der Waals surface area contributed by atoms with E-state index in [9.17, 15) is 13.2 Å². The van der Waals surface area contributed by atoms with Gasteiger partial charge in [0.15, 0.2) is 0 Å². The van der Waals surface area contributed by atoms with Crippen molar-refractivity contribution in [2.75, 3.05) is 13.7 Å². The number of sulfonamides is 1. The van der Waals surface area contributed by atoms with Gasteiger partial charge in [0.2, 0.25) is 15.9 Å². The second-order valence-electron chi connectivity index (χ2n) is 7.37. The van der Waals surface area contributed by atoms with Crippen molar-refractivity contribution >= 4 is 15.9 Å². The molecule has 0 spiro atoms. The van der Waals surface area contributed by atoms with E-state index in [1.165, 1.54) is 0 Å². The van der Waals surface area contributed by atoms with Crippen molar-refractivity contribution in [3.63, 3.8) is 0 Å². The number of aryl methyl sites for hydroxylation is 1. The Labute approximate surface area is 180 Å². The number of unbranched alkanes of at least 4 members (excludes halogenated alkanes) is 3. The molecule has 164 valence electrons. The Hall–Kier alpha value is -2.38. The summed E-state index contributed by atoms with van der Waals surface area (Å²) >= 11 is 0. The maximum absolute atomic E-state index is 12.9. The van der Waals surface area contributed by atoms with E-state index in [-0.39, 0.29) is 17.2 Å². The van der Waals surface area contributed by atoms with E-state index in [1.807, 2.05) is 6.92 Å². The topological polar surface area (TPSA) is 84.5 Å². The molecule has 7 heteroatoms. The van der Waals surface area contributed by atoms with Gasteiger partial charge in [0, 0.05) is 13.0 Å². The summed E-state index contributed by atoms with van der Waals surface area (Å²) in [5.74, 6) is 0.484. The van der Waals surface area contributed by atoms with Gasteiger partial charge in [0.05, 0.1) is 18.0 Å². The first kappa shape index (κ1) is 23.9. The maximum atomic E-state index is 12.9. The zero-order valence-corrected chi connectivity index (χ0v) is 18.8. The number of carbonyl (C=O) groups is 1. The predicted molar refractivity (Wildman–Crippen MR) is 119 cm³/mol. The van der Waals surface area contributed by atoms with Crippen molar-refractivity contribution in [1.29, 1.82) is 0 Å². The molecule has 2 aromatic rings. The van der Waals surface area contributed by atoms with Gasteiger partial charge in [-0.15, -0.1) is 0 Å². The molecule has 0 fully saturated rings. The molecule has 30 heavy (non-hydrogen) atoms. The van der Waals surface area contributed by atoms with Gasteiger partial charge < -0.3 is 10.1 Å². The first-order valence-electron chi connectivity index (χ1n) is 10.4. The Morgan fingerprint density at radius 2 is 1.67 bits per heavy atom. The first-order chi connectivity index (χ1) is 14.4. The molecule has 0 radical (unpaired) electrons. The summed E-state index contributed by atoms with van der Waals surface area (Å²) in [4.78, 5) is 12.7. The summed E-state index contributed by atoms with van der Waals surface area (Å²) in [6.45, 7) is 4.63. The van der Waals surface area contributed by atoms with Crippen molar-refractivity contribution in [2.24, 2.45) is 0 Å². The molecule has 0 aliphatic heterocycles. The van der Waals surface area contributed by atoms with E-state index in [1.54, 1.807) is 55.6 Å². The molecule has 1 atom stereocenters. The van der Waals surface area contributed by atoms with Crippen LogP contribution in [0.4, 0.5) is 0 Å². The minimum absolute atomic E-state index is 0.0190. The van der Waals surface area contributed by atoms with E-state index >= 15 is 0 Å². The number of hydrogen-bond acceptors (Lipinski definition) is 4. The van der Waals surface area contributed by atoms with Crippen LogP contribution in [-0.2, 0) is 14.8 Å². The lowest BCUT2D eigenvalue weighted by Gasteiger charge is -2.19. The van der Waals surface area contributed by atoms with Crippen molar-refractivity contribution in [1.82, 2.24) is 10.0 Å². The van der Waals surface area contributed by atoms with Crippen molar-refractivity contribution < 1.29 is 17.9 Å². The molecule has 0 saturated heterocycles. The molecule has 2 rings (SSSR count). The Kier molecular flexibility index (Phi) is 9.33. The van der Waals surface area contributed by atoms with Gasteiger partial charge in [-0.1, -0.05) is 56.0 Å². The van der Waals surface area contributed by atoms with Gasteiger partial charge in [0.1, 0.15) is 5.75 Å². The number of methoxy groups -OCH3 is 1. The summed E-state index contributed by atoms with van der Waals surface area (Å²) in [6, 6.07) is 13.0. The maximum Gasteiger partial charge on any atom is 0.241 e. The number of nitrogens with one attached hydrogen (secondary N) is 2. The van der Waals surface area contributed by atoms with Crippen molar-refractivity contribution in [3.05, 3.63) is 59.7 Å². The molecule has 0 bridgehead atoms. The van der Waals surface area contributed by atoms with E-state index < -0.39 is 16.1 Å². The van der Waals surface area contributed by atoms with E-state index in [2.05, 4.69) is 17.0 Å². The fourth-order valence-electron chi connectivity index (χ4n) is 3.07. The molecule has 0 unspecified atom stereocenters. The molecular formula is C23H32N2O4S. The zero-order chi connectivity index (χ0) is 22.0. The van der Waals surface area contributed by atoms with Crippen molar-refractivity contribution in [2.45, 2.75) is 56.9 Å². The molecule has 0 aromatic heterocycles. The molecule has 0 heterocycles. The third kappa shape index (κ3) is 7.46. The van der Waals surface area contributed by atoms with Crippen LogP contribution in [0.2, 0.25) is 0 Å². The molecule has 6 nitrogen and oxygen atoms in total. The SMILES string of the molecule is CCCCCCNC(=O)C[C@@H](NS(=O)(=O)c1ccc(C)cc1)c1ccc(OC)cc1. The van der Waals surface area contributed by atoms with Crippen LogP contribution >= 0.6 is 0 Å². The molecule has 1 amide bonds. The molecule has 0 saturated carbocycles. The quantitative estimate of drug-likeness (QED) is 0.494. The largest absolute Gasteiger partial charge is 0.497 e. The molecular weight excluding hydrogens is 400 g/mol. The highest BCUT2D eigenvalue weighted by atomic mass is 32.2. The fourth-order valence-corrected chi connectivity index (χ4v) is 4.30. The Morgan fingerprint density at radius 3 is 2.27 bits per heavy atom. The Morgan fingerprint density at radius 1 is 1.00 bits per heavy atom. The predicted octanol–water partition coefficient (Wildman–Crippen LogP) is 4.11. The molecule has 0 aliphatic carbocycles. The Bertz CT molecular complexity index is 894. The summed E-state index contributed by atoms with van der Waals surface area (Å²) in [6.07, 6.45) is 4.28. The first-order valence-corrected chi connectivity index (χ1v) is 11.8. The number of carbonyl (C=O) groups excluding carboxylic acids is 1. The lowest BCUT2D eigenvalue weighted by molar-refractivity contribution is -0.121. The van der Waals surface area contributed by atoms with E-state index in [4.69, 9.17) is 4.74 Å². The van der Waals surface area contributed by atoms with Gasteiger partial charge >= 0.3 is 0 Å². The number of hydrogen-bond donors (Lipinski definition) is 2. The van der Waals surface area contributed by atoms with Crippen LogP contribution in [0.5, 0.6) is 5.75 Å². The highest BCUT2D eigenvalue weighted by Gasteiger charge is 2.24. The third-order valence-electron chi connectivity index (χ3n) is 4.89. The molecule has 0 aliphatic rings. The number of ether oxygens (including phenoxy) is 1. The average molecular weight is 433 g/mol. The van der Waals surface area contributed by atoms with Gasteiger partial charge in [-0.3, -0.25) is 4.79 Å². The van der Waals surface area contributed by atoms with Crippen LogP contribution in [0.3, 0.4) is 0 Å². The third-order valence-corrected chi connectivity index (χ3v) is 6.38. The number of benzene rings is 2. The average Bonchev–Trinajstić information content (AvgIpc) is 2.73. The monoisotopic (exact) mass is 432 g/mol. The fraction of sp³-hybridized carbons (Fsp3) is 0.435. The summed E-state index contributed by atoms with van der Waals surface area (Å²) < 4.78 is 33.7. The van der Waals surface area contributed by atoms with Crippen LogP contribution in [0.15, 0.2) is 53.4 Å². The van der Waals surface area contributed by atoms with E-state index in [0.29, 0.717) is 17.9 Å². The molecule has 2 N–H and O–H groups in total. The normalized spacial score (nSPS) is 12.4. The second kappa shape index (κ2) is 11.7. The number of amides is 1. The van der Waals surface area contributed by atoms with Gasteiger partial charge in [0.25, 0.3) is 0 Å². The summed E-state index contributed by atoms with van der Waals surface area (Å²) in [5, 5.41) is 2.90. The van der Waals surface area contributed by atoms with E-state index in [0.717, 1.165) is 31.2 Å². The lowest BCUT2D eigenvalue weighted by atomic mass is 10.0. The standard InChI is InChI=1S/C23H32N2O4S/c1-4-5-6-7-16-24-23(26)17-22(19-10-12-20(29-3)13-11-19)25-30(27,28)21-14-8-18(2)9-15-21/h8-15,22,25H,4-7,16-17H2,1-3H3,(H,24,26)/t22-/m1/s1. The second-order valence-corrected chi connectivity index (χ2v) is 9.09. The minimum Gasteiger partial charge on any atom is -0.497 e. The van der Waals surface area contributed by atoms with Gasteiger partial charge in [-0.25, -0.2) is 13.1 Å². The highest BCUT2D eigenvalue weighted by molar-refractivity contribution is 7.89. The lowest BCUT2D eigenvalue weighted by Crippen LogP contribution is -2.34. The highest BCUT2D eigenvalue weighted by Crippen LogP contribution is 2.23.